The van der Waals surface area contributed by atoms with E-state index in [-0.39, 0.29) is 18.2 Å². The van der Waals surface area contributed by atoms with Crippen molar-refractivity contribution in [3.8, 4) is 5.75 Å². The molecule has 124 valence electrons. The lowest BCUT2D eigenvalue weighted by Gasteiger charge is -2.17. The molecule has 0 aliphatic carbocycles. The largest absolute Gasteiger partial charge is 0.496 e. The molecule has 1 aliphatic rings. The van der Waals surface area contributed by atoms with Gasteiger partial charge in [0.2, 0.25) is 11.8 Å². The lowest BCUT2D eigenvalue weighted by molar-refractivity contribution is -0.122. The van der Waals surface area contributed by atoms with Crippen molar-refractivity contribution in [1.82, 2.24) is 0 Å². The van der Waals surface area contributed by atoms with Crippen LogP contribution in [0.2, 0.25) is 10.0 Å². The summed E-state index contributed by atoms with van der Waals surface area (Å²) in [5.41, 5.74) is 1.23. The van der Waals surface area contributed by atoms with Gasteiger partial charge in [-0.1, -0.05) is 41.4 Å². The summed E-state index contributed by atoms with van der Waals surface area (Å²) in [6, 6.07) is 12.2. The second-order valence-electron chi connectivity index (χ2n) is 5.58. The molecule has 2 amide bonds. The average molecular weight is 364 g/mol. The number of rotatable bonds is 4. The number of halogens is 2. The Morgan fingerprint density at radius 3 is 2.67 bits per heavy atom. The van der Waals surface area contributed by atoms with Gasteiger partial charge < -0.3 is 4.74 Å². The minimum absolute atomic E-state index is 0.139. The molecule has 1 saturated heterocycles. The van der Waals surface area contributed by atoms with Crippen LogP contribution in [0.3, 0.4) is 0 Å². The molecule has 3 rings (SSSR count). The van der Waals surface area contributed by atoms with E-state index in [0.717, 1.165) is 10.5 Å². The number of anilines is 1. The minimum Gasteiger partial charge on any atom is -0.496 e. The Morgan fingerprint density at radius 2 is 1.92 bits per heavy atom. The fourth-order valence-electron chi connectivity index (χ4n) is 2.90. The zero-order valence-electron chi connectivity index (χ0n) is 13.0. The lowest BCUT2D eigenvalue weighted by atomic mass is 9.97. The second-order valence-corrected chi connectivity index (χ2v) is 6.42. The Morgan fingerprint density at radius 1 is 1.17 bits per heavy atom. The molecule has 4 nitrogen and oxygen atoms in total. The van der Waals surface area contributed by atoms with Gasteiger partial charge in [0, 0.05) is 11.4 Å². The monoisotopic (exact) mass is 363 g/mol. The molecular weight excluding hydrogens is 349 g/mol. The quantitative estimate of drug-likeness (QED) is 0.767. The van der Waals surface area contributed by atoms with E-state index in [9.17, 15) is 9.59 Å². The zero-order chi connectivity index (χ0) is 17.3. The molecule has 1 atom stereocenters. The van der Waals surface area contributed by atoms with Crippen LogP contribution in [0.4, 0.5) is 5.69 Å². The maximum Gasteiger partial charge on any atom is 0.237 e. The number of nitrogens with zero attached hydrogens (tertiary/aromatic N) is 1. The Hall–Kier alpha value is -2.04. The molecule has 24 heavy (non-hydrogen) atoms. The van der Waals surface area contributed by atoms with Crippen molar-refractivity contribution < 1.29 is 14.3 Å². The van der Waals surface area contributed by atoms with Gasteiger partial charge in [-0.15, -0.1) is 0 Å². The van der Waals surface area contributed by atoms with Crippen LogP contribution >= 0.6 is 23.2 Å². The maximum atomic E-state index is 12.7. The van der Waals surface area contributed by atoms with Gasteiger partial charge in [-0.05, 0) is 36.2 Å². The first-order valence-electron chi connectivity index (χ1n) is 7.45. The average Bonchev–Trinajstić information content (AvgIpc) is 2.84. The van der Waals surface area contributed by atoms with Crippen molar-refractivity contribution in [3.05, 3.63) is 58.1 Å². The molecule has 1 heterocycles. The van der Waals surface area contributed by atoms with Crippen molar-refractivity contribution in [2.75, 3.05) is 12.0 Å². The van der Waals surface area contributed by atoms with Gasteiger partial charge in [-0.3, -0.25) is 9.59 Å². The van der Waals surface area contributed by atoms with Crippen LogP contribution < -0.4 is 9.64 Å². The normalized spacial score (nSPS) is 17.5. The summed E-state index contributed by atoms with van der Waals surface area (Å²) < 4.78 is 5.32. The number of methoxy groups -OCH3 is 1. The third kappa shape index (κ3) is 3.12. The molecule has 1 fully saturated rings. The van der Waals surface area contributed by atoms with E-state index >= 15 is 0 Å². The van der Waals surface area contributed by atoms with Crippen molar-refractivity contribution in [1.29, 1.82) is 0 Å². The van der Waals surface area contributed by atoms with Gasteiger partial charge in [-0.25, -0.2) is 4.90 Å². The van der Waals surface area contributed by atoms with Gasteiger partial charge in [-0.2, -0.15) is 0 Å². The first-order valence-corrected chi connectivity index (χ1v) is 8.20. The van der Waals surface area contributed by atoms with E-state index in [1.165, 1.54) is 6.07 Å². The number of hydrogen-bond donors (Lipinski definition) is 0. The Balaban J connectivity index is 1.88. The third-order valence-corrected chi connectivity index (χ3v) is 4.60. The first kappa shape index (κ1) is 16.8. The number of benzene rings is 2. The van der Waals surface area contributed by atoms with E-state index in [1.54, 1.807) is 19.2 Å². The summed E-state index contributed by atoms with van der Waals surface area (Å²) in [7, 11) is 1.58. The van der Waals surface area contributed by atoms with E-state index < -0.39 is 5.92 Å². The fourth-order valence-corrected chi connectivity index (χ4v) is 3.27. The molecule has 2 aromatic rings. The number of carbonyl (C=O) groups excluding carboxylic acids is 2. The van der Waals surface area contributed by atoms with Gasteiger partial charge >= 0.3 is 0 Å². The first-order chi connectivity index (χ1) is 11.5. The molecule has 6 heteroatoms. The van der Waals surface area contributed by atoms with E-state index in [1.807, 2.05) is 24.3 Å². The molecule has 2 aromatic carbocycles. The third-order valence-electron chi connectivity index (χ3n) is 4.05. The van der Waals surface area contributed by atoms with Gasteiger partial charge in [0.1, 0.15) is 5.75 Å². The van der Waals surface area contributed by atoms with E-state index in [4.69, 9.17) is 27.9 Å². The second kappa shape index (κ2) is 6.83. The van der Waals surface area contributed by atoms with Crippen molar-refractivity contribution in [2.45, 2.75) is 12.8 Å². The molecule has 0 N–H and O–H groups in total. The SMILES string of the molecule is COc1ccccc1C[C@@H]1CC(=O)N(c2cc(Cl)ccc2Cl)C1=O. The standard InChI is InChI=1S/C18H15Cl2NO3/c1-24-16-5-3-2-4-11(16)8-12-9-17(22)21(18(12)23)15-10-13(19)6-7-14(15)20/h2-7,10,12H,8-9H2,1H3/t12-/m1/s1. The Labute approximate surface area is 149 Å². The molecule has 1 aliphatic heterocycles. The summed E-state index contributed by atoms with van der Waals surface area (Å²) in [5, 5.41) is 0.738. The van der Waals surface area contributed by atoms with Crippen molar-refractivity contribution in [2.24, 2.45) is 5.92 Å². The fraction of sp³-hybridized carbons (Fsp3) is 0.222. The molecule has 0 aromatic heterocycles. The minimum atomic E-state index is -0.441. The number of imide groups is 1. The highest BCUT2D eigenvalue weighted by atomic mass is 35.5. The van der Waals surface area contributed by atoms with E-state index in [0.29, 0.717) is 27.9 Å². The zero-order valence-corrected chi connectivity index (χ0v) is 14.5. The van der Waals surface area contributed by atoms with Crippen LogP contribution in [0.5, 0.6) is 5.75 Å². The Bertz CT molecular complexity index is 807. The summed E-state index contributed by atoms with van der Waals surface area (Å²) in [5.74, 6) is -0.278. The van der Waals surface area contributed by atoms with E-state index in [2.05, 4.69) is 0 Å². The van der Waals surface area contributed by atoms with Crippen LogP contribution in [0, 0.1) is 5.92 Å². The highest BCUT2D eigenvalue weighted by molar-refractivity contribution is 6.37. The number of ether oxygens (including phenoxy) is 1. The summed E-state index contributed by atoms with van der Waals surface area (Å²) >= 11 is 12.1. The molecular formula is C18H15Cl2NO3. The predicted octanol–water partition coefficient (Wildman–Crippen LogP) is 4.12. The lowest BCUT2D eigenvalue weighted by Crippen LogP contribution is -2.31. The van der Waals surface area contributed by atoms with Crippen LogP contribution in [-0.2, 0) is 16.0 Å². The number of amides is 2. The smallest absolute Gasteiger partial charge is 0.237 e. The van der Waals surface area contributed by atoms with Gasteiger partial charge in [0.15, 0.2) is 0 Å². The van der Waals surface area contributed by atoms with Gasteiger partial charge in [0.05, 0.1) is 23.7 Å². The molecule has 0 spiro atoms. The summed E-state index contributed by atoms with van der Waals surface area (Å²) in [4.78, 5) is 26.3. The van der Waals surface area contributed by atoms with Crippen LogP contribution in [0.25, 0.3) is 0 Å². The van der Waals surface area contributed by atoms with Gasteiger partial charge in [0.25, 0.3) is 0 Å². The summed E-state index contributed by atoms with van der Waals surface area (Å²) in [6.07, 6.45) is 0.572. The molecule has 0 bridgehead atoms. The molecule has 0 unspecified atom stereocenters. The topological polar surface area (TPSA) is 46.6 Å². The number of carbonyl (C=O) groups is 2. The van der Waals surface area contributed by atoms with Crippen LogP contribution in [-0.4, -0.2) is 18.9 Å². The van der Waals surface area contributed by atoms with Crippen LogP contribution in [0.1, 0.15) is 12.0 Å². The number of para-hydroxylation sites is 1. The van der Waals surface area contributed by atoms with Crippen LogP contribution in [0.15, 0.2) is 42.5 Å². The molecule has 0 saturated carbocycles. The maximum absolute atomic E-state index is 12.7. The predicted molar refractivity (Wildman–Crippen MR) is 93.8 cm³/mol. The van der Waals surface area contributed by atoms with Crippen molar-refractivity contribution >= 4 is 40.7 Å². The Kier molecular flexibility index (Phi) is 4.78. The molecule has 0 radical (unpaired) electrons. The highest BCUT2D eigenvalue weighted by Gasteiger charge is 2.40. The number of hydrogen-bond acceptors (Lipinski definition) is 3. The highest BCUT2D eigenvalue weighted by Crippen LogP contribution is 2.35. The van der Waals surface area contributed by atoms with Crippen molar-refractivity contribution in [3.63, 3.8) is 0 Å². The summed E-state index contributed by atoms with van der Waals surface area (Å²) in [6.45, 7) is 0.